The fourth-order valence-corrected chi connectivity index (χ4v) is 9.93. The van der Waals surface area contributed by atoms with Gasteiger partial charge in [-0.05, 0) is 58.3 Å². The van der Waals surface area contributed by atoms with Gasteiger partial charge in [0.2, 0.25) is 11.8 Å². The molecule has 3 rings (SSSR count). The van der Waals surface area contributed by atoms with Crippen LogP contribution in [0.3, 0.4) is 0 Å². The number of carbonyl (C=O) groups is 3. The van der Waals surface area contributed by atoms with Crippen LogP contribution < -0.4 is 0 Å². The van der Waals surface area contributed by atoms with Crippen molar-refractivity contribution in [3.05, 3.63) is 25.3 Å². The molecule has 3 fully saturated rings. The van der Waals surface area contributed by atoms with Crippen LogP contribution in [-0.2, 0) is 19.1 Å². The standard InChI is InChI=1S/C31H50N2O5S/c1-9-17-33(29(6,7)21-28(3,4)5)26(36)24-31-16-15-30(8,39-31)23(27(37)38-20-10-2)22(31)25(35)32(24)18-13-11-12-14-19-34/h9-10,22-24,34H,1-2,11-21H2,3-8H3/t22-,23-,24?,30+,31?/m0/s1. The van der Waals surface area contributed by atoms with Gasteiger partial charge < -0.3 is 19.6 Å². The molecule has 0 aromatic rings. The van der Waals surface area contributed by atoms with E-state index in [1.165, 1.54) is 0 Å². The number of nitrogens with zero attached hydrogens (tertiary/aromatic N) is 2. The molecule has 39 heavy (non-hydrogen) atoms. The van der Waals surface area contributed by atoms with Gasteiger partial charge in [-0.2, -0.15) is 0 Å². The van der Waals surface area contributed by atoms with E-state index < -0.39 is 32.9 Å². The highest BCUT2D eigenvalue weighted by Gasteiger charge is 2.77. The molecule has 1 spiro atoms. The molecule has 2 bridgehead atoms. The summed E-state index contributed by atoms with van der Waals surface area (Å²) in [6.45, 7) is 21.5. The Balaban J connectivity index is 2.04. The van der Waals surface area contributed by atoms with Crippen molar-refractivity contribution in [1.82, 2.24) is 9.80 Å². The minimum absolute atomic E-state index is 0.00401. The van der Waals surface area contributed by atoms with Gasteiger partial charge in [-0.3, -0.25) is 14.4 Å². The Hall–Kier alpha value is -1.80. The second-order valence-corrected chi connectivity index (χ2v) is 15.5. The number of esters is 1. The Morgan fingerprint density at radius 2 is 1.79 bits per heavy atom. The van der Waals surface area contributed by atoms with Crippen LogP contribution >= 0.6 is 11.8 Å². The van der Waals surface area contributed by atoms with Gasteiger partial charge in [0.1, 0.15) is 12.6 Å². The summed E-state index contributed by atoms with van der Waals surface area (Å²) in [6, 6.07) is -0.643. The van der Waals surface area contributed by atoms with Crippen molar-refractivity contribution in [2.75, 3.05) is 26.3 Å². The lowest BCUT2D eigenvalue weighted by Gasteiger charge is -2.46. The van der Waals surface area contributed by atoms with E-state index in [0.717, 1.165) is 44.9 Å². The topological polar surface area (TPSA) is 87.1 Å². The summed E-state index contributed by atoms with van der Waals surface area (Å²) < 4.78 is 4.41. The minimum atomic E-state index is -0.664. The third-order valence-corrected chi connectivity index (χ3v) is 10.7. The lowest BCUT2D eigenvalue weighted by molar-refractivity contribution is -0.154. The number of thioether (sulfide) groups is 1. The number of aliphatic hydroxyl groups excluding tert-OH is 1. The zero-order chi connectivity index (χ0) is 29.2. The molecular formula is C31H50N2O5S. The third-order valence-electron chi connectivity index (χ3n) is 8.69. The lowest BCUT2D eigenvalue weighted by atomic mass is 9.66. The molecule has 3 heterocycles. The molecule has 0 saturated carbocycles. The number of likely N-dealkylation sites (tertiary alicyclic amines) is 1. The number of ether oxygens (including phenoxy) is 1. The van der Waals surface area contributed by atoms with Crippen molar-refractivity contribution in [2.45, 2.75) is 108 Å². The highest BCUT2D eigenvalue weighted by molar-refractivity contribution is 8.02. The summed E-state index contributed by atoms with van der Waals surface area (Å²) in [4.78, 5) is 46.1. The number of amides is 2. The van der Waals surface area contributed by atoms with Gasteiger partial charge >= 0.3 is 5.97 Å². The molecule has 7 nitrogen and oxygen atoms in total. The first kappa shape index (κ1) is 31.7. The molecule has 5 atom stereocenters. The maximum atomic E-state index is 14.7. The average molecular weight is 563 g/mol. The third kappa shape index (κ3) is 6.12. The summed E-state index contributed by atoms with van der Waals surface area (Å²) in [5.74, 6) is -1.68. The van der Waals surface area contributed by atoms with E-state index in [1.54, 1.807) is 28.8 Å². The van der Waals surface area contributed by atoms with Crippen molar-refractivity contribution in [3.63, 3.8) is 0 Å². The van der Waals surface area contributed by atoms with E-state index in [2.05, 4.69) is 54.7 Å². The minimum Gasteiger partial charge on any atom is -0.461 e. The average Bonchev–Trinajstić information content (AvgIpc) is 3.39. The quantitative estimate of drug-likeness (QED) is 0.183. The zero-order valence-corrected chi connectivity index (χ0v) is 25.8. The summed E-state index contributed by atoms with van der Waals surface area (Å²) in [6.07, 6.45) is 8.79. The van der Waals surface area contributed by atoms with Crippen molar-refractivity contribution in [2.24, 2.45) is 17.3 Å². The second kappa shape index (κ2) is 12.0. The molecule has 220 valence electrons. The van der Waals surface area contributed by atoms with Crippen LogP contribution in [0.1, 0.15) is 86.5 Å². The summed E-state index contributed by atoms with van der Waals surface area (Å²) in [5.41, 5.74) is -0.461. The number of rotatable bonds is 14. The van der Waals surface area contributed by atoms with E-state index in [4.69, 9.17) is 4.74 Å². The van der Waals surface area contributed by atoms with Crippen LogP contribution in [0.2, 0.25) is 0 Å². The van der Waals surface area contributed by atoms with Crippen molar-refractivity contribution < 1.29 is 24.2 Å². The Labute approximate surface area is 239 Å². The van der Waals surface area contributed by atoms with E-state index >= 15 is 0 Å². The van der Waals surface area contributed by atoms with Crippen LogP contribution in [0, 0.1) is 17.3 Å². The highest BCUT2D eigenvalue weighted by Crippen LogP contribution is 2.71. The van der Waals surface area contributed by atoms with E-state index in [9.17, 15) is 19.5 Å². The number of fused-ring (bicyclic) bond motifs is 1. The number of carbonyl (C=O) groups excluding carboxylic acids is 3. The van der Waals surface area contributed by atoms with Gasteiger partial charge in [-0.1, -0.05) is 52.3 Å². The summed E-state index contributed by atoms with van der Waals surface area (Å²) >= 11 is 1.68. The molecule has 3 aliphatic heterocycles. The molecule has 0 aromatic heterocycles. The van der Waals surface area contributed by atoms with Gasteiger partial charge in [0, 0.05) is 30.0 Å². The van der Waals surface area contributed by atoms with E-state index in [0.29, 0.717) is 13.1 Å². The summed E-state index contributed by atoms with van der Waals surface area (Å²) in [5, 5.41) is 9.17. The first-order valence-corrected chi connectivity index (χ1v) is 15.3. The zero-order valence-electron chi connectivity index (χ0n) is 25.0. The molecular weight excluding hydrogens is 512 g/mol. The van der Waals surface area contributed by atoms with Gasteiger partial charge in [0.05, 0.1) is 16.6 Å². The Kier molecular flexibility index (Phi) is 9.74. The van der Waals surface area contributed by atoms with Crippen LogP contribution in [0.4, 0.5) is 0 Å². The first-order chi connectivity index (χ1) is 18.2. The SMILES string of the molecule is C=CCOC(=O)[C@@H]1[C@H]2C(=O)N(CCCCCCO)C(C(=O)N(CC=C)C(C)(C)CC(C)(C)C)C23CC[C@@]1(C)S3. The number of unbranched alkanes of at least 4 members (excludes halogenated alkanes) is 3. The van der Waals surface area contributed by atoms with Gasteiger partial charge in [0.25, 0.3) is 0 Å². The fourth-order valence-electron chi connectivity index (χ4n) is 7.59. The first-order valence-electron chi connectivity index (χ1n) is 14.5. The number of hydrogen-bond acceptors (Lipinski definition) is 6. The molecule has 0 radical (unpaired) electrons. The Bertz CT molecular complexity index is 959. The lowest BCUT2D eigenvalue weighted by Crippen LogP contribution is -2.60. The van der Waals surface area contributed by atoms with Gasteiger partial charge in [-0.25, -0.2) is 0 Å². The molecule has 2 unspecified atom stereocenters. The van der Waals surface area contributed by atoms with E-state index in [-0.39, 0.29) is 36.4 Å². The normalized spacial score (nSPS) is 29.9. The predicted molar refractivity (Wildman–Crippen MR) is 157 cm³/mol. The molecule has 3 saturated heterocycles. The van der Waals surface area contributed by atoms with Crippen molar-refractivity contribution >= 4 is 29.5 Å². The fraction of sp³-hybridized carbons (Fsp3) is 0.774. The predicted octanol–water partition coefficient (Wildman–Crippen LogP) is 4.98. The maximum absolute atomic E-state index is 14.7. The summed E-state index contributed by atoms with van der Waals surface area (Å²) in [7, 11) is 0. The van der Waals surface area contributed by atoms with Gasteiger partial charge in [-0.15, -0.1) is 18.3 Å². The Morgan fingerprint density at radius 1 is 1.13 bits per heavy atom. The molecule has 0 aliphatic carbocycles. The molecule has 3 aliphatic rings. The van der Waals surface area contributed by atoms with Gasteiger partial charge in [0.15, 0.2) is 0 Å². The second-order valence-electron chi connectivity index (χ2n) is 13.6. The molecule has 1 N–H and O–H groups in total. The van der Waals surface area contributed by atoms with Crippen molar-refractivity contribution in [3.8, 4) is 0 Å². The van der Waals surface area contributed by atoms with Crippen LogP contribution in [0.5, 0.6) is 0 Å². The van der Waals surface area contributed by atoms with Crippen molar-refractivity contribution in [1.29, 1.82) is 0 Å². The molecule has 8 heteroatoms. The monoisotopic (exact) mass is 562 g/mol. The van der Waals surface area contributed by atoms with Crippen LogP contribution in [-0.4, -0.2) is 80.1 Å². The Morgan fingerprint density at radius 3 is 2.38 bits per heavy atom. The van der Waals surface area contributed by atoms with Crippen LogP contribution in [0.25, 0.3) is 0 Å². The molecule has 0 aromatic carbocycles. The largest absolute Gasteiger partial charge is 0.461 e. The highest BCUT2D eigenvalue weighted by atomic mass is 32.2. The number of aliphatic hydroxyl groups is 1. The smallest absolute Gasteiger partial charge is 0.311 e. The van der Waals surface area contributed by atoms with Crippen LogP contribution in [0.15, 0.2) is 25.3 Å². The van der Waals surface area contributed by atoms with E-state index in [1.807, 2.05) is 4.90 Å². The maximum Gasteiger partial charge on any atom is 0.311 e. The molecule has 2 amide bonds. The number of hydrogen-bond donors (Lipinski definition) is 1.